The van der Waals surface area contributed by atoms with E-state index in [1.807, 2.05) is 18.6 Å². The second-order valence-corrected chi connectivity index (χ2v) is 9.52. The van der Waals surface area contributed by atoms with Gasteiger partial charge in [-0.15, -0.1) is 0 Å². The lowest BCUT2D eigenvalue weighted by atomic mass is 9.44. The highest BCUT2D eigenvalue weighted by Crippen LogP contribution is 2.66. The first kappa shape index (κ1) is 15.3. The lowest BCUT2D eigenvalue weighted by molar-refractivity contribution is -0.122. The minimum absolute atomic E-state index is 0.0717. The zero-order chi connectivity index (χ0) is 18.4. The van der Waals surface area contributed by atoms with Crippen LogP contribution in [0.3, 0.4) is 0 Å². The van der Waals surface area contributed by atoms with E-state index in [1.54, 1.807) is 13.2 Å². The number of nitrogens with zero attached hydrogens (tertiary/aromatic N) is 5. The molecule has 0 saturated heterocycles. The number of nitrogens with one attached hydrogen (secondary N) is 2. The molecule has 0 spiro atoms. The van der Waals surface area contributed by atoms with Gasteiger partial charge in [-0.2, -0.15) is 5.10 Å². The molecule has 0 amide bonds. The van der Waals surface area contributed by atoms with Crippen molar-refractivity contribution in [1.29, 1.82) is 0 Å². The molecule has 0 aliphatic heterocycles. The number of imidazole rings is 1. The van der Waals surface area contributed by atoms with Crippen molar-refractivity contribution >= 4 is 32.1 Å². The van der Waals surface area contributed by atoms with Crippen LogP contribution in [0.25, 0.3) is 22.1 Å². The number of rotatable bonds is 4. The Morgan fingerprint density at radius 1 is 1.22 bits per heavy atom. The first-order valence-electron chi connectivity index (χ1n) is 8.72. The number of aromatic nitrogens is 6. The molecule has 0 aromatic carbocycles. The van der Waals surface area contributed by atoms with Crippen LogP contribution in [-0.2, 0) is 22.6 Å². The number of pyridine rings is 1. The Bertz CT molecular complexity index is 1310. The van der Waals surface area contributed by atoms with Crippen LogP contribution in [-0.4, -0.2) is 43.3 Å². The van der Waals surface area contributed by atoms with Crippen LogP contribution >= 0.6 is 0 Å². The maximum absolute atomic E-state index is 12.6. The standard InChI is InChI=1S/C17H17N7O2S/c1-23-6-11(4-21-23)27(25,26)22-16-7-17(8-16,9-16)24-10-20-13-5-19-15-12(14(13)24)2-3-18-15/h2-6,10,22H,7-9H2,1H3,(H,18,19). The lowest BCUT2D eigenvalue weighted by Gasteiger charge is -2.70. The number of sulfonamides is 1. The second kappa shape index (κ2) is 4.57. The van der Waals surface area contributed by atoms with Gasteiger partial charge in [0.05, 0.1) is 29.8 Å². The Balaban J connectivity index is 1.32. The summed E-state index contributed by atoms with van der Waals surface area (Å²) in [6, 6.07) is 2.01. The number of H-pyrrole nitrogens is 1. The number of fused-ring (bicyclic) bond motifs is 3. The molecule has 0 atom stereocenters. The van der Waals surface area contributed by atoms with Crippen LogP contribution in [0.15, 0.2) is 42.1 Å². The summed E-state index contributed by atoms with van der Waals surface area (Å²) in [6.07, 6.45) is 10.7. The molecule has 3 aliphatic carbocycles. The van der Waals surface area contributed by atoms with Gasteiger partial charge in [-0.25, -0.2) is 23.1 Å². The van der Waals surface area contributed by atoms with Gasteiger partial charge in [0.25, 0.3) is 0 Å². The van der Waals surface area contributed by atoms with Gasteiger partial charge in [0.1, 0.15) is 16.1 Å². The van der Waals surface area contributed by atoms with Gasteiger partial charge in [-0.1, -0.05) is 0 Å². The van der Waals surface area contributed by atoms with Gasteiger partial charge in [0, 0.05) is 30.4 Å². The summed E-state index contributed by atoms with van der Waals surface area (Å²) < 4.78 is 31.9. The predicted octanol–water partition coefficient (Wildman–Crippen LogP) is 1.26. The zero-order valence-electron chi connectivity index (χ0n) is 14.5. The smallest absolute Gasteiger partial charge is 0.244 e. The second-order valence-electron chi connectivity index (χ2n) is 7.84. The van der Waals surface area contributed by atoms with E-state index in [2.05, 4.69) is 29.3 Å². The monoisotopic (exact) mass is 383 g/mol. The van der Waals surface area contributed by atoms with Crippen molar-refractivity contribution in [3.05, 3.63) is 37.2 Å². The summed E-state index contributed by atoms with van der Waals surface area (Å²) in [6.45, 7) is 0. The molecule has 3 aliphatic rings. The molecule has 138 valence electrons. The summed E-state index contributed by atoms with van der Waals surface area (Å²) in [5.74, 6) is 0. The molecule has 2 bridgehead atoms. The maximum Gasteiger partial charge on any atom is 0.244 e. The molecule has 9 nitrogen and oxygen atoms in total. The minimum Gasteiger partial charge on any atom is -0.346 e. The Morgan fingerprint density at radius 2 is 2.04 bits per heavy atom. The molecule has 3 fully saturated rings. The molecule has 4 aromatic heterocycles. The molecule has 4 heterocycles. The third kappa shape index (κ3) is 1.91. The van der Waals surface area contributed by atoms with Gasteiger partial charge >= 0.3 is 0 Å². The fourth-order valence-corrected chi connectivity index (χ4v) is 6.23. The van der Waals surface area contributed by atoms with E-state index >= 15 is 0 Å². The van der Waals surface area contributed by atoms with Crippen LogP contribution in [0.1, 0.15) is 19.3 Å². The molecule has 0 unspecified atom stereocenters. The highest BCUT2D eigenvalue weighted by atomic mass is 32.2. The maximum atomic E-state index is 12.6. The number of hydrogen-bond donors (Lipinski definition) is 2. The van der Waals surface area contributed by atoms with Crippen molar-refractivity contribution in [3.8, 4) is 0 Å². The van der Waals surface area contributed by atoms with Crippen molar-refractivity contribution in [2.75, 3.05) is 0 Å². The summed E-state index contributed by atoms with van der Waals surface area (Å²) in [4.78, 5) is 12.2. The Kier molecular flexibility index (Phi) is 2.60. The Labute approximate surface area is 154 Å². The van der Waals surface area contributed by atoms with Gasteiger partial charge in [-0.3, -0.25) is 4.68 Å². The van der Waals surface area contributed by atoms with Crippen LogP contribution in [0.2, 0.25) is 0 Å². The zero-order valence-corrected chi connectivity index (χ0v) is 15.4. The Morgan fingerprint density at radius 3 is 2.78 bits per heavy atom. The highest BCUT2D eigenvalue weighted by molar-refractivity contribution is 7.89. The van der Waals surface area contributed by atoms with E-state index in [-0.39, 0.29) is 16.0 Å². The van der Waals surface area contributed by atoms with Gasteiger partial charge in [0.15, 0.2) is 0 Å². The third-order valence-electron chi connectivity index (χ3n) is 5.95. The number of aryl methyl sites for hydroxylation is 1. The summed E-state index contributed by atoms with van der Waals surface area (Å²) >= 11 is 0. The lowest BCUT2D eigenvalue weighted by Crippen LogP contribution is -2.78. The van der Waals surface area contributed by atoms with Crippen LogP contribution < -0.4 is 4.72 Å². The van der Waals surface area contributed by atoms with Crippen molar-refractivity contribution in [1.82, 2.24) is 34.0 Å². The normalized spacial score (nSPS) is 27.0. The topological polar surface area (TPSA) is 110 Å². The SMILES string of the molecule is Cn1cc(S(=O)(=O)NC23CC(n4cnc5cnc6[nH]ccc6c54)(C2)C3)cn1. The molecular formula is C17H17N7O2S. The molecule has 3 saturated carbocycles. The van der Waals surface area contributed by atoms with Crippen molar-refractivity contribution < 1.29 is 8.42 Å². The van der Waals surface area contributed by atoms with Crippen molar-refractivity contribution in [3.63, 3.8) is 0 Å². The van der Waals surface area contributed by atoms with E-state index < -0.39 is 10.0 Å². The largest absolute Gasteiger partial charge is 0.346 e. The molecule has 2 N–H and O–H groups in total. The van der Waals surface area contributed by atoms with E-state index in [4.69, 9.17) is 0 Å². The summed E-state index contributed by atoms with van der Waals surface area (Å²) in [7, 11) is -1.85. The summed E-state index contributed by atoms with van der Waals surface area (Å²) in [5.41, 5.74) is 2.32. The quantitative estimate of drug-likeness (QED) is 0.551. The average Bonchev–Trinajstić information content (AvgIpc) is 3.27. The fraction of sp³-hybridized carbons (Fsp3) is 0.353. The van der Waals surface area contributed by atoms with E-state index in [1.165, 1.54) is 17.1 Å². The van der Waals surface area contributed by atoms with Crippen LogP contribution in [0.4, 0.5) is 0 Å². The van der Waals surface area contributed by atoms with Crippen molar-refractivity contribution in [2.45, 2.75) is 35.2 Å². The minimum atomic E-state index is -3.56. The molecular weight excluding hydrogens is 366 g/mol. The average molecular weight is 383 g/mol. The first-order valence-corrected chi connectivity index (χ1v) is 10.2. The third-order valence-corrected chi connectivity index (χ3v) is 7.48. The van der Waals surface area contributed by atoms with Gasteiger partial charge in [-0.05, 0) is 25.3 Å². The summed E-state index contributed by atoms with van der Waals surface area (Å²) in [5, 5.41) is 5.00. The molecule has 27 heavy (non-hydrogen) atoms. The molecule has 7 rings (SSSR count). The van der Waals surface area contributed by atoms with Crippen LogP contribution in [0.5, 0.6) is 0 Å². The number of aromatic amines is 1. The molecule has 10 heteroatoms. The van der Waals surface area contributed by atoms with Crippen molar-refractivity contribution in [2.24, 2.45) is 7.05 Å². The fourth-order valence-electron chi connectivity index (χ4n) is 4.85. The Hall–Kier alpha value is -2.72. The molecule has 0 radical (unpaired) electrons. The molecule has 4 aromatic rings. The predicted molar refractivity (Wildman–Crippen MR) is 97.5 cm³/mol. The van der Waals surface area contributed by atoms with Crippen LogP contribution in [0, 0.1) is 0 Å². The van der Waals surface area contributed by atoms with E-state index in [0.717, 1.165) is 41.3 Å². The highest BCUT2D eigenvalue weighted by Gasteiger charge is 2.70. The van der Waals surface area contributed by atoms with E-state index in [0.29, 0.717) is 0 Å². The number of hydrogen-bond acceptors (Lipinski definition) is 5. The van der Waals surface area contributed by atoms with Gasteiger partial charge < -0.3 is 9.55 Å². The van der Waals surface area contributed by atoms with Gasteiger partial charge in [0.2, 0.25) is 10.0 Å². The van der Waals surface area contributed by atoms with E-state index in [9.17, 15) is 8.42 Å². The first-order chi connectivity index (χ1) is 12.9.